The summed E-state index contributed by atoms with van der Waals surface area (Å²) in [6, 6.07) is 5.84. The van der Waals surface area contributed by atoms with Gasteiger partial charge in [0, 0.05) is 26.2 Å². The molecule has 0 aromatic carbocycles. The molecule has 1 N–H and O–H groups in total. The molecule has 158 valence electrons. The van der Waals surface area contributed by atoms with E-state index in [1.807, 2.05) is 28.5 Å². The van der Waals surface area contributed by atoms with Crippen LogP contribution in [0.25, 0.3) is 10.6 Å². The first-order chi connectivity index (χ1) is 14.6. The Hall–Kier alpha value is -2.15. The third-order valence-electron chi connectivity index (χ3n) is 7.93. The smallest absolute Gasteiger partial charge is 0.274 e. The van der Waals surface area contributed by atoms with Crippen LogP contribution < -0.4 is 0 Å². The Morgan fingerprint density at radius 3 is 2.23 bits per heavy atom. The minimum absolute atomic E-state index is 0.0454. The van der Waals surface area contributed by atoms with Crippen molar-refractivity contribution in [2.45, 2.75) is 38.5 Å². The number of nitrogens with one attached hydrogen (secondary N) is 1. The number of hydrogen-bond acceptors (Lipinski definition) is 4. The van der Waals surface area contributed by atoms with E-state index in [4.69, 9.17) is 0 Å². The molecule has 1 aliphatic heterocycles. The lowest BCUT2D eigenvalue weighted by atomic mass is 9.49. The summed E-state index contributed by atoms with van der Waals surface area (Å²) < 4.78 is 0. The first-order valence-electron chi connectivity index (χ1n) is 11.3. The molecule has 0 unspecified atom stereocenters. The molecule has 7 heteroatoms. The van der Waals surface area contributed by atoms with Gasteiger partial charge in [0.05, 0.1) is 16.0 Å². The van der Waals surface area contributed by atoms with E-state index in [0.29, 0.717) is 37.8 Å². The number of aromatic amines is 1. The average Bonchev–Trinajstić information content (AvgIpc) is 3.44. The Morgan fingerprint density at radius 2 is 1.63 bits per heavy atom. The van der Waals surface area contributed by atoms with Gasteiger partial charge in [-0.3, -0.25) is 14.7 Å². The van der Waals surface area contributed by atoms with Crippen molar-refractivity contribution in [1.82, 2.24) is 20.0 Å². The van der Waals surface area contributed by atoms with E-state index in [9.17, 15) is 9.59 Å². The van der Waals surface area contributed by atoms with E-state index in [0.717, 1.165) is 47.6 Å². The molecular formula is C23H28N4O2S. The molecule has 1 saturated heterocycles. The fourth-order valence-corrected chi connectivity index (χ4v) is 7.66. The summed E-state index contributed by atoms with van der Waals surface area (Å²) in [5.74, 6) is 2.67. The standard InChI is InChI=1S/C23H28N4O2S/c28-21(19-11-18(24-25-19)20-2-1-7-30-20)26-3-5-27(6-4-26)22(29)23-12-15-8-16(13-23)10-17(9-15)14-23/h1-2,7,11,15-17H,3-6,8-10,12-14H2,(H,24,25). The van der Waals surface area contributed by atoms with Crippen molar-refractivity contribution in [1.29, 1.82) is 0 Å². The highest BCUT2D eigenvalue weighted by Crippen LogP contribution is 2.60. The van der Waals surface area contributed by atoms with Crippen LogP contribution in [0.3, 0.4) is 0 Å². The van der Waals surface area contributed by atoms with Gasteiger partial charge in [0.1, 0.15) is 0 Å². The Morgan fingerprint density at radius 1 is 1.00 bits per heavy atom. The number of nitrogens with zero attached hydrogens (tertiary/aromatic N) is 3. The predicted molar refractivity (Wildman–Crippen MR) is 115 cm³/mol. The van der Waals surface area contributed by atoms with Crippen LogP contribution in [0.15, 0.2) is 23.6 Å². The summed E-state index contributed by atoms with van der Waals surface area (Å²) in [6.07, 6.45) is 7.38. The summed E-state index contributed by atoms with van der Waals surface area (Å²) in [6.45, 7) is 2.49. The molecule has 2 aromatic rings. The van der Waals surface area contributed by atoms with Crippen LogP contribution in [0.4, 0.5) is 0 Å². The summed E-state index contributed by atoms with van der Waals surface area (Å²) in [4.78, 5) is 31.4. The van der Waals surface area contributed by atoms with Crippen LogP contribution in [0.2, 0.25) is 0 Å². The van der Waals surface area contributed by atoms with Crippen LogP contribution in [0.5, 0.6) is 0 Å². The zero-order valence-corrected chi connectivity index (χ0v) is 18.0. The molecule has 30 heavy (non-hydrogen) atoms. The third-order valence-corrected chi connectivity index (χ3v) is 8.83. The van der Waals surface area contributed by atoms with Crippen molar-refractivity contribution >= 4 is 23.2 Å². The quantitative estimate of drug-likeness (QED) is 0.818. The predicted octanol–water partition coefficient (Wildman–Crippen LogP) is 3.64. The minimum atomic E-state index is -0.0846. The zero-order chi connectivity index (χ0) is 20.3. The number of thiophene rings is 1. The number of aromatic nitrogens is 2. The molecule has 4 aliphatic carbocycles. The molecule has 7 rings (SSSR count). The zero-order valence-electron chi connectivity index (χ0n) is 17.2. The van der Waals surface area contributed by atoms with Crippen molar-refractivity contribution in [3.05, 3.63) is 29.3 Å². The van der Waals surface area contributed by atoms with Gasteiger partial charge in [-0.25, -0.2) is 0 Å². The highest BCUT2D eigenvalue weighted by molar-refractivity contribution is 7.13. The maximum Gasteiger partial charge on any atom is 0.274 e. The number of carbonyl (C=O) groups is 2. The van der Waals surface area contributed by atoms with Gasteiger partial charge in [-0.05, 0) is 73.8 Å². The van der Waals surface area contributed by atoms with E-state index in [2.05, 4.69) is 15.1 Å². The largest absolute Gasteiger partial charge is 0.339 e. The SMILES string of the molecule is O=C(c1cc(-c2cccs2)[nH]n1)N1CCN(C(=O)C23CC4CC(CC(C4)C2)C3)CC1. The Balaban J connectivity index is 1.10. The molecule has 5 fully saturated rings. The van der Waals surface area contributed by atoms with Gasteiger partial charge in [-0.2, -0.15) is 5.10 Å². The second-order valence-electron chi connectivity index (χ2n) is 9.93. The molecule has 0 atom stereocenters. The summed E-state index contributed by atoms with van der Waals surface area (Å²) in [5, 5.41) is 9.23. The summed E-state index contributed by atoms with van der Waals surface area (Å²) in [7, 11) is 0. The highest BCUT2D eigenvalue weighted by Gasteiger charge is 2.55. The lowest BCUT2D eigenvalue weighted by molar-refractivity contribution is -0.159. The number of H-pyrrole nitrogens is 1. The topological polar surface area (TPSA) is 69.3 Å². The van der Waals surface area contributed by atoms with Gasteiger partial charge in [-0.15, -0.1) is 11.3 Å². The lowest BCUT2D eigenvalue weighted by Gasteiger charge is -2.57. The molecular weight excluding hydrogens is 396 g/mol. The average molecular weight is 425 g/mol. The first kappa shape index (κ1) is 18.6. The second-order valence-corrected chi connectivity index (χ2v) is 10.9. The van der Waals surface area contributed by atoms with Gasteiger partial charge in [0.25, 0.3) is 5.91 Å². The van der Waals surface area contributed by atoms with Crippen LogP contribution >= 0.6 is 11.3 Å². The Bertz CT molecular complexity index is 922. The molecule has 6 nitrogen and oxygen atoms in total. The number of amides is 2. The minimum Gasteiger partial charge on any atom is -0.339 e. The van der Waals surface area contributed by atoms with Gasteiger partial charge < -0.3 is 9.80 Å². The number of hydrogen-bond donors (Lipinski definition) is 1. The number of piperazine rings is 1. The van der Waals surface area contributed by atoms with Crippen LogP contribution in [0, 0.1) is 23.2 Å². The van der Waals surface area contributed by atoms with Crippen LogP contribution in [-0.2, 0) is 4.79 Å². The molecule has 5 aliphatic rings. The fraction of sp³-hybridized carbons (Fsp3) is 0.609. The first-order valence-corrected chi connectivity index (χ1v) is 12.2. The normalized spacial score (nSPS) is 32.6. The van der Waals surface area contributed by atoms with E-state index in [-0.39, 0.29) is 11.3 Å². The summed E-state index contributed by atoms with van der Waals surface area (Å²) in [5.41, 5.74) is 1.25. The van der Waals surface area contributed by atoms with Gasteiger partial charge in [0.2, 0.25) is 5.91 Å². The molecule has 4 bridgehead atoms. The molecule has 3 heterocycles. The van der Waals surface area contributed by atoms with Gasteiger partial charge in [-0.1, -0.05) is 6.07 Å². The van der Waals surface area contributed by atoms with Gasteiger partial charge in [0.15, 0.2) is 5.69 Å². The maximum absolute atomic E-state index is 13.5. The molecule has 0 radical (unpaired) electrons. The lowest BCUT2D eigenvalue weighted by Crippen LogP contribution is -2.58. The van der Waals surface area contributed by atoms with E-state index in [1.54, 1.807) is 11.3 Å². The van der Waals surface area contributed by atoms with Crippen molar-refractivity contribution in [3.63, 3.8) is 0 Å². The third kappa shape index (κ3) is 3.01. The molecule has 4 saturated carbocycles. The van der Waals surface area contributed by atoms with E-state index < -0.39 is 0 Å². The second kappa shape index (κ2) is 6.94. The highest BCUT2D eigenvalue weighted by atomic mass is 32.1. The molecule has 0 spiro atoms. The summed E-state index contributed by atoms with van der Waals surface area (Å²) >= 11 is 1.62. The van der Waals surface area contributed by atoms with Crippen molar-refractivity contribution in [3.8, 4) is 10.6 Å². The number of carbonyl (C=O) groups excluding carboxylic acids is 2. The molecule has 2 amide bonds. The van der Waals surface area contributed by atoms with E-state index in [1.165, 1.54) is 19.3 Å². The van der Waals surface area contributed by atoms with Crippen molar-refractivity contribution < 1.29 is 9.59 Å². The van der Waals surface area contributed by atoms with Crippen molar-refractivity contribution in [2.24, 2.45) is 23.2 Å². The van der Waals surface area contributed by atoms with Crippen LogP contribution in [0.1, 0.15) is 49.0 Å². The Kier molecular flexibility index (Phi) is 4.30. The fourth-order valence-electron chi connectivity index (χ4n) is 6.97. The monoisotopic (exact) mass is 424 g/mol. The molecule has 2 aromatic heterocycles. The van der Waals surface area contributed by atoms with Crippen molar-refractivity contribution in [2.75, 3.05) is 26.2 Å². The van der Waals surface area contributed by atoms with Gasteiger partial charge >= 0.3 is 0 Å². The Labute approximate surface area is 180 Å². The maximum atomic E-state index is 13.5. The van der Waals surface area contributed by atoms with Crippen LogP contribution in [-0.4, -0.2) is 58.0 Å². The number of rotatable bonds is 3. The van der Waals surface area contributed by atoms with E-state index >= 15 is 0 Å².